The van der Waals surface area contributed by atoms with Gasteiger partial charge in [-0.15, -0.1) is 0 Å². The van der Waals surface area contributed by atoms with Gasteiger partial charge in [0, 0.05) is 23.2 Å². The van der Waals surface area contributed by atoms with Crippen LogP contribution in [-0.2, 0) is 6.54 Å². The van der Waals surface area contributed by atoms with Gasteiger partial charge in [0.05, 0.1) is 22.8 Å². The summed E-state index contributed by atoms with van der Waals surface area (Å²) in [5, 5.41) is 4.43. The first-order valence-corrected chi connectivity index (χ1v) is 6.86. The summed E-state index contributed by atoms with van der Waals surface area (Å²) in [6.45, 7) is 0.347. The highest BCUT2D eigenvalue weighted by atomic mass is 35.5. The summed E-state index contributed by atoms with van der Waals surface area (Å²) in [5.41, 5.74) is 1.31. The fraction of sp³-hybridized carbons (Fsp3) is 0.143. The quantitative estimate of drug-likeness (QED) is 0.755. The average Bonchev–Trinajstić information content (AvgIpc) is 2.44. The van der Waals surface area contributed by atoms with E-state index in [0.29, 0.717) is 38.6 Å². The molecule has 0 atom stereocenters. The molecule has 106 valence electrons. The first-order valence-electron chi connectivity index (χ1n) is 5.72. The lowest BCUT2D eigenvalue weighted by atomic mass is 10.2. The maximum Gasteiger partial charge on any atom is 0.144 e. The summed E-state index contributed by atoms with van der Waals surface area (Å²) >= 11 is 18.2. The molecular weight excluding hydrogens is 324 g/mol. The van der Waals surface area contributed by atoms with Crippen molar-refractivity contribution >= 4 is 40.5 Å². The Morgan fingerprint density at radius 1 is 1.10 bits per heavy atom. The second-order valence-corrected chi connectivity index (χ2v) is 5.21. The standard InChI is InChI=1S/C14H11Cl3FNO/c1-20-13-6-8(18)2-5-12(13)19-7-9-10(15)3-4-11(16)14(9)17/h2-6,19H,7H2,1H3. The lowest BCUT2D eigenvalue weighted by molar-refractivity contribution is 0.413. The summed E-state index contributed by atoms with van der Waals surface area (Å²) in [6.07, 6.45) is 0. The van der Waals surface area contributed by atoms with Gasteiger partial charge >= 0.3 is 0 Å². The number of halogens is 4. The lowest BCUT2D eigenvalue weighted by Crippen LogP contribution is -2.03. The maximum atomic E-state index is 13.1. The van der Waals surface area contributed by atoms with E-state index in [9.17, 15) is 4.39 Å². The van der Waals surface area contributed by atoms with E-state index in [1.54, 1.807) is 18.2 Å². The molecule has 0 saturated heterocycles. The van der Waals surface area contributed by atoms with Gasteiger partial charge in [-0.1, -0.05) is 34.8 Å². The van der Waals surface area contributed by atoms with Crippen LogP contribution in [0, 0.1) is 5.82 Å². The predicted octanol–water partition coefficient (Wildman–Crippen LogP) is 5.41. The molecule has 0 saturated carbocycles. The van der Waals surface area contributed by atoms with E-state index in [-0.39, 0.29) is 5.82 Å². The molecule has 0 bridgehead atoms. The number of ether oxygens (including phenoxy) is 1. The van der Waals surface area contributed by atoms with Crippen molar-refractivity contribution in [3.63, 3.8) is 0 Å². The van der Waals surface area contributed by atoms with E-state index in [0.717, 1.165) is 0 Å². The van der Waals surface area contributed by atoms with Crippen LogP contribution in [0.4, 0.5) is 10.1 Å². The van der Waals surface area contributed by atoms with Crippen LogP contribution in [0.2, 0.25) is 15.1 Å². The number of nitrogens with one attached hydrogen (secondary N) is 1. The normalized spacial score (nSPS) is 10.4. The Bertz CT molecular complexity index is 634. The summed E-state index contributed by atoms with van der Waals surface area (Å²) in [5.74, 6) is 0.0329. The van der Waals surface area contributed by atoms with Crippen LogP contribution in [0.25, 0.3) is 0 Å². The molecule has 0 unspecified atom stereocenters. The van der Waals surface area contributed by atoms with Crippen LogP contribution in [0.15, 0.2) is 30.3 Å². The fourth-order valence-corrected chi connectivity index (χ4v) is 2.41. The smallest absolute Gasteiger partial charge is 0.144 e. The van der Waals surface area contributed by atoms with Gasteiger partial charge in [-0.3, -0.25) is 0 Å². The van der Waals surface area contributed by atoms with Crippen molar-refractivity contribution in [3.05, 3.63) is 56.8 Å². The van der Waals surface area contributed by atoms with Gasteiger partial charge in [0.2, 0.25) is 0 Å². The molecule has 0 aliphatic rings. The first kappa shape index (κ1) is 15.2. The fourth-order valence-electron chi connectivity index (χ4n) is 1.73. The van der Waals surface area contributed by atoms with Crippen molar-refractivity contribution in [3.8, 4) is 5.75 Å². The van der Waals surface area contributed by atoms with Crippen molar-refractivity contribution < 1.29 is 9.13 Å². The van der Waals surface area contributed by atoms with Gasteiger partial charge in [-0.05, 0) is 24.3 Å². The summed E-state index contributed by atoms with van der Waals surface area (Å²) < 4.78 is 18.2. The highest BCUT2D eigenvalue weighted by Crippen LogP contribution is 2.33. The van der Waals surface area contributed by atoms with Crippen LogP contribution >= 0.6 is 34.8 Å². The zero-order valence-corrected chi connectivity index (χ0v) is 12.8. The molecule has 0 aromatic heterocycles. The highest BCUT2D eigenvalue weighted by molar-refractivity contribution is 6.44. The van der Waals surface area contributed by atoms with E-state index < -0.39 is 0 Å². The second kappa shape index (κ2) is 6.53. The van der Waals surface area contributed by atoms with Gasteiger partial charge in [-0.2, -0.15) is 0 Å². The molecule has 0 spiro atoms. The lowest BCUT2D eigenvalue weighted by Gasteiger charge is -2.13. The van der Waals surface area contributed by atoms with Gasteiger partial charge < -0.3 is 10.1 Å². The van der Waals surface area contributed by atoms with Crippen LogP contribution in [0.3, 0.4) is 0 Å². The molecule has 0 fully saturated rings. The van der Waals surface area contributed by atoms with E-state index in [1.165, 1.54) is 19.2 Å². The van der Waals surface area contributed by atoms with Crippen molar-refractivity contribution in [2.75, 3.05) is 12.4 Å². The molecule has 2 aromatic rings. The van der Waals surface area contributed by atoms with Gasteiger partial charge in [-0.25, -0.2) is 4.39 Å². The number of rotatable bonds is 4. The average molecular weight is 335 g/mol. The third-order valence-electron chi connectivity index (χ3n) is 2.76. The van der Waals surface area contributed by atoms with Crippen molar-refractivity contribution in [1.29, 1.82) is 0 Å². The Morgan fingerprint density at radius 2 is 1.80 bits per heavy atom. The number of hydrogen-bond donors (Lipinski definition) is 1. The predicted molar refractivity (Wildman–Crippen MR) is 81.8 cm³/mol. The molecule has 2 nitrogen and oxygen atoms in total. The molecule has 2 aromatic carbocycles. The zero-order valence-electron chi connectivity index (χ0n) is 10.5. The molecule has 1 N–H and O–H groups in total. The van der Waals surface area contributed by atoms with Gasteiger partial charge in [0.1, 0.15) is 11.6 Å². The van der Waals surface area contributed by atoms with Crippen LogP contribution in [0.5, 0.6) is 5.75 Å². The Kier molecular flexibility index (Phi) is 4.97. The largest absolute Gasteiger partial charge is 0.494 e. The Morgan fingerprint density at radius 3 is 2.50 bits per heavy atom. The number of anilines is 1. The Balaban J connectivity index is 2.23. The van der Waals surface area contributed by atoms with Crippen molar-refractivity contribution in [2.24, 2.45) is 0 Å². The van der Waals surface area contributed by atoms with Crippen molar-refractivity contribution in [1.82, 2.24) is 0 Å². The van der Waals surface area contributed by atoms with E-state index in [1.807, 2.05) is 0 Å². The minimum atomic E-state index is -0.369. The molecule has 20 heavy (non-hydrogen) atoms. The zero-order chi connectivity index (χ0) is 14.7. The summed E-state index contributed by atoms with van der Waals surface area (Å²) in [7, 11) is 1.47. The highest BCUT2D eigenvalue weighted by Gasteiger charge is 2.11. The second-order valence-electron chi connectivity index (χ2n) is 4.02. The monoisotopic (exact) mass is 333 g/mol. The molecular formula is C14H11Cl3FNO. The van der Waals surface area contributed by atoms with Gasteiger partial charge in [0.15, 0.2) is 0 Å². The Labute approximate surface area is 131 Å². The van der Waals surface area contributed by atoms with Crippen LogP contribution < -0.4 is 10.1 Å². The topological polar surface area (TPSA) is 21.3 Å². The summed E-state index contributed by atoms with van der Waals surface area (Å²) in [4.78, 5) is 0. The molecule has 0 radical (unpaired) electrons. The number of methoxy groups -OCH3 is 1. The molecule has 0 aliphatic carbocycles. The van der Waals surface area contributed by atoms with E-state index in [4.69, 9.17) is 39.5 Å². The molecule has 6 heteroatoms. The molecule has 0 heterocycles. The molecule has 0 aliphatic heterocycles. The van der Waals surface area contributed by atoms with Gasteiger partial charge in [0.25, 0.3) is 0 Å². The Hall–Kier alpha value is -1.16. The van der Waals surface area contributed by atoms with Crippen LogP contribution in [0.1, 0.15) is 5.56 Å². The molecule has 0 amide bonds. The van der Waals surface area contributed by atoms with Crippen molar-refractivity contribution in [2.45, 2.75) is 6.54 Å². The first-order chi connectivity index (χ1) is 9.52. The number of hydrogen-bond acceptors (Lipinski definition) is 2. The SMILES string of the molecule is COc1cc(F)ccc1NCc1c(Cl)ccc(Cl)c1Cl. The maximum absolute atomic E-state index is 13.1. The third kappa shape index (κ3) is 3.29. The van der Waals surface area contributed by atoms with E-state index in [2.05, 4.69) is 5.32 Å². The third-order valence-corrected chi connectivity index (χ3v) is 3.96. The summed E-state index contributed by atoms with van der Waals surface area (Å²) in [6, 6.07) is 7.53. The molecule has 2 rings (SSSR count). The van der Waals surface area contributed by atoms with Crippen LogP contribution in [-0.4, -0.2) is 7.11 Å². The number of benzene rings is 2. The minimum absolute atomic E-state index is 0.347. The minimum Gasteiger partial charge on any atom is -0.494 e. The van der Waals surface area contributed by atoms with E-state index >= 15 is 0 Å².